The zero-order valence-electron chi connectivity index (χ0n) is 14.3. The second-order valence-corrected chi connectivity index (χ2v) is 7.70. The average Bonchev–Trinajstić information content (AvgIpc) is 2.60. The highest BCUT2D eigenvalue weighted by Gasteiger charge is 2.21. The monoisotopic (exact) mass is 468 g/mol. The highest BCUT2D eigenvalue weighted by atomic mass is 79.9. The van der Waals surface area contributed by atoms with Gasteiger partial charge in [0.15, 0.2) is 0 Å². The molecule has 0 unspecified atom stereocenters. The lowest BCUT2D eigenvalue weighted by Gasteiger charge is -2.21. The topological polar surface area (TPSA) is 39.4 Å². The van der Waals surface area contributed by atoms with Crippen LogP contribution in [0.5, 0.6) is 5.95 Å². The van der Waals surface area contributed by atoms with E-state index in [1.54, 1.807) is 0 Å². The van der Waals surface area contributed by atoms with Crippen LogP contribution in [0.4, 0.5) is 0 Å². The molecule has 0 saturated heterocycles. The van der Waals surface area contributed by atoms with Gasteiger partial charge in [0.1, 0.15) is 16.3 Å². The van der Waals surface area contributed by atoms with E-state index in [2.05, 4.69) is 74.9 Å². The van der Waals surface area contributed by atoms with Gasteiger partial charge in [0.25, 0.3) is 0 Å². The summed E-state index contributed by atoms with van der Waals surface area (Å²) in [6.45, 7) is 2.05. The zero-order chi connectivity index (χ0) is 18.1. The molecule has 134 valence electrons. The van der Waals surface area contributed by atoms with Gasteiger partial charge in [-0.25, -0.2) is 0 Å². The average molecular weight is 470 g/mol. The van der Waals surface area contributed by atoms with E-state index in [0.717, 1.165) is 25.7 Å². The third-order valence-electron chi connectivity index (χ3n) is 3.78. The maximum Gasteiger partial charge on any atom is 0.303 e. The molecule has 0 amide bonds. The first-order chi connectivity index (χ1) is 12.1. The van der Waals surface area contributed by atoms with Crippen molar-refractivity contribution in [1.82, 2.24) is 0 Å². The van der Waals surface area contributed by atoms with Crippen LogP contribution in [-0.2, 0) is 6.42 Å². The van der Waals surface area contributed by atoms with Crippen molar-refractivity contribution < 1.29 is 9.15 Å². The molecule has 2 bridgehead atoms. The number of alkyl halides is 1. The fourth-order valence-electron chi connectivity index (χ4n) is 2.39. The normalized spacial score (nSPS) is 24.3. The van der Waals surface area contributed by atoms with Gasteiger partial charge in [-0.05, 0) is 35.2 Å². The Morgan fingerprint density at radius 2 is 2.04 bits per heavy atom. The van der Waals surface area contributed by atoms with Crippen LogP contribution >= 0.6 is 31.9 Å². The molecule has 3 nitrogen and oxygen atoms in total. The minimum absolute atomic E-state index is 0.0923. The first-order valence-electron chi connectivity index (χ1n) is 8.50. The standard InChI is InChI=1S/C20H22Br2O3/c1-2-18-16(21)13-11-9-7-5-3-4-6-8-10-12-15-14-17(23)19(22)20(24-15)25-18/h3,5,9,11,14,16,18H,2,4,7,10,12-13H2,1H3/b5-3-,11-9+/t16-,18+/m1/s1. The molecule has 5 heteroatoms. The predicted molar refractivity (Wildman–Crippen MR) is 108 cm³/mol. The molecule has 1 aromatic rings. The van der Waals surface area contributed by atoms with Gasteiger partial charge in [0.05, 0.1) is 4.83 Å². The summed E-state index contributed by atoms with van der Waals surface area (Å²) in [6.07, 6.45) is 12.9. The molecule has 1 aliphatic rings. The van der Waals surface area contributed by atoms with Crippen LogP contribution in [0.15, 0.2) is 44.1 Å². The lowest BCUT2D eigenvalue weighted by atomic mass is 10.1. The molecule has 0 saturated carbocycles. The Morgan fingerprint density at radius 3 is 2.84 bits per heavy atom. The van der Waals surface area contributed by atoms with E-state index >= 15 is 0 Å². The van der Waals surface area contributed by atoms with Crippen LogP contribution < -0.4 is 10.2 Å². The Morgan fingerprint density at radius 1 is 1.24 bits per heavy atom. The minimum Gasteiger partial charge on any atom is -0.460 e. The Balaban J connectivity index is 2.28. The number of allylic oxidation sites excluding steroid dienone is 4. The first-order valence-corrected chi connectivity index (χ1v) is 10.2. The van der Waals surface area contributed by atoms with Crippen molar-refractivity contribution in [2.45, 2.75) is 56.4 Å². The van der Waals surface area contributed by atoms with Gasteiger partial charge in [-0.3, -0.25) is 4.79 Å². The number of halogens is 2. The molecule has 0 radical (unpaired) electrons. The van der Waals surface area contributed by atoms with Crippen molar-refractivity contribution in [1.29, 1.82) is 0 Å². The van der Waals surface area contributed by atoms with E-state index in [1.807, 2.05) is 0 Å². The molecule has 0 spiro atoms. The molecular formula is C20H22Br2O3. The molecule has 0 N–H and O–H groups in total. The summed E-state index contributed by atoms with van der Waals surface area (Å²) in [7, 11) is 0. The largest absolute Gasteiger partial charge is 0.460 e. The summed E-state index contributed by atoms with van der Waals surface area (Å²) >= 11 is 6.99. The second kappa shape index (κ2) is 10.7. The number of aryl methyl sites for hydroxylation is 1. The first kappa shape index (κ1) is 20.1. The molecule has 2 heterocycles. The fourth-order valence-corrected chi connectivity index (χ4v) is 3.38. The van der Waals surface area contributed by atoms with Gasteiger partial charge in [0, 0.05) is 25.3 Å². The van der Waals surface area contributed by atoms with Crippen LogP contribution in [-0.4, -0.2) is 10.9 Å². The summed E-state index contributed by atoms with van der Waals surface area (Å²) < 4.78 is 12.1. The Hall–Kier alpha value is -1.25. The number of fused-ring (bicyclic) bond motifs is 2. The molecule has 1 aromatic heterocycles. The molecule has 0 fully saturated rings. The summed E-state index contributed by atoms with van der Waals surface area (Å²) in [5, 5.41) is 0. The van der Waals surface area contributed by atoms with Crippen LogP contribution in [0.25, 0.3) is 0 Å². The smallest absolute Gasteiger partial charge is 0.303 e. The van der Waals surface area contributed by atoms with Crippen LogP contribution in [0, 0.1) is 11.8 Å². The maximum atomic E-state index is 12.2. The summed E-state index contributed by atoms with van der Waals surface area (Å²) in [5.41, 5.74) is -0.133. The minimum atomic E-state index is -0.133. The van der Waals surface area contributed by atoms with Crippen molar-refractivity contribution in [3.63, 3.8) is 0 Å². The SMILES string of the molecule is CC[C@@H]1Oc2oc(cc(=O)c2Br)CCC#CC/C=C\C/C=C/C[C@H]1Br. The molecule has 0 aliphatic carbocycles. The van der Waals surface area contributed by atoms with Gasteiger partial charge in [0.2, 0.25) is 5.43 Å². The fraction of sp³-hybridized carbons (Fsp3) is 0.450. The zero-order valence-corrected chi connectivity index (χ0v) is 17.4. The number of rotatable bonds is 1. The van der Waals surface area contributed by atoms with E-state index in [-0.39, 0.29) is 22.3 Å². The van der Waals surface area contributed by atoms with E-state index in [0.29, 0.717) is 23.1 Å². The van der Waals surface area contributed by atoms with E-state index < -0.39 is 0 Å². The predicted octanol–water partition coefficient (Wildman–Crippen LogP) is 5.56. The second-order valence-electron chi connectivity index (χ2n) is 5.73. The summed E-state index contributed by atoms with van der Waals surface area (Å²) in [6, 6.07) is 1.50. The Labute approximate surface area is 165 Å². The Bertz CT molecular complexity index is 738. The number of ether oxygens (including phenoxy) is 1. The van der Waals surface area contributed by atoms with E-state index in [4.69, 9.17) is 9.15 Å². The van der Waals surface area contributed by atoms with E-state index in [9.17, 15) is 4.79 Å². The summed E-state index contributed by atoms with van der Waals surface area (Å²) in [4.78, 5) is 12.3. The summed E-state index contributed by atoms with van der Waals surface area (Å²) in [5.74, 6) is 7.06. The lowest BCUT2D eigenvalue weighted by Crippen LogP contribution is -2.27. The van der Waals surface area contributed by atoms with Crippen LogP contribution in [0.1, 0.15) is 44.8 Å². The highest BCUT2D eigenvalue weighted by Crippen LogP contribution is 2.27. The van der Waals surface area contributed by atoms with Gasteiger partial charge in [-0.2, -0.15) is 0 Å². The van der Waals surface area contributed by atoms with Crippen molar-refractivity contribution in [3.8, 4) is 17.8 Å². The van der Waals surface area contributed by atoms with Gasteiger partial charge in [-0.15, -0.1) is 5.92 Å². The maximum absolute atomic E-state index is 12.2. The lowest BCUT2D eigenvalue weighted by molar-refractivity contribution is 0.142. The molecule has 2 rings (SSSR count). The molecule has 1 aliphatic heterocycles. The third-order valence-corrected chi connectivity index (χ3v) is 5.46. The van der Waals surface area contributed by atoms with Crippen molar-refractivity contribution in [2.24, 2.45) is 0 Å². The molecule has 0 aromatic carbocycles. The van der Waals surface area contributed by atoms with Gasteiger partial charge in [-0.1, -0.05) is 53.1 Å². The quantitative estimate of drug-likeness (QED) is 0.307. The van der Waals surface area contributed by atoms with Crippen molar-refractivity contribution in [2.75, 3.05) is 0 Å². The van der Waals surface area contributed by atoms with Crippen LogP contribution in [0.3, 0.4) is 0 Å². The van der Waals surface area contributed by atoms with Gasteiger partial charge >= 0.3 is 5.95 Å². The van der Waals surface area contributed by atoms with E-state index in [1.165, 1.54) is 6.07 Å². The van der Waals surface area contributed by atoms with Crippen molar-refractivity contribution in [3.05, 3.63) is 50.8 Å². The highest BCUT2D eigenvalue weighted by molar-refractivity contribution is 9.10. The molecule has 2 atom stereocenters. The number of hydrogen-bond acceptors (Lipinski definition) is 3. The molecule has 25 heavy (non-hydrogen) atoms. The Kier molecular flexibility index (Phi) is 8.57. The molecular weight excluding hydrogens is 448 g/mol. The third kappa shape index (κ3) is 6.52. The number of hydrogen-bond donors (Lipinski definition) is 0. The van der Waals surface area contributed by atoms with Crippen LogP contribution in [0.2, 0.25) is 0 Å². The van der Waals surface area contributed by atoms with Gasteiger partial charge < -0.3 is 9.15 Å². The van der Waals surface area contributed by atoms with Crippen molar-refractivity contribution >= 4 is 31.9 Å².